The number of aryl methyl sites for hydroxylation is 3. The number of anilines is 1. The second kappa shape index (κ2) is 6.72. The van der Waals surface area contributed by atoms with Gasteiger partial charge in [-0.25, -0.2) is 0 Å². The van der Waals surface area contributed by atoms with E-state index >= 15 is 0 Å². The number of halogens is 1. The summed E-state index contributed by atoms with van der Waals surface area (Å²) in [6.45, 7) is 6.31. The van der Waals surface area contributed by atoms with E-state index in [1.54, 1.807) is 10.7 Å². The van der Waals surface area contributed by atoms with E-state index in [4.69, 9.17) is 11.6 Å². The Balaban J connectivity index is 1.83. The number of hydrogen-bond donors (Lipinski definition) is 1. The molecule has 0 aliphatic rings. The summed E-state index contributed by atoms with van der Waals surface area (Å²) in [7, 11) is 1.81. The summed E-state index contributed by atoms with van der Waals surface area (Å²) in [6, 6.07) is 9.42. The largest absolute Gasteiger partial charge is 0.317 e. The van der Waals surface area contributed by atoms with Crippen molar-refractivity contribution in [3.8, 4) is 0 Å². The smallest absolute Gasteiger partial charge is 0.276 e. The van der Waals surface area contributed by atoms with Crippen LogP contribution < -0.4 is 5.32 Å². The summed E-state index contributed by atoms with van der Waals surface area (Å²) in [4.78, 5) is 12.5. The molecule has 0 unspecified atom stereocenters. The third kappa shape index (κ3) is 3.58. The molecule has 7 heteroatoms. The van der Waals surface area contributed by atoms with E-state index in [0.29, 0.717) is 17.3 Å². The molecule has 0 saturated heterocycles. The second-order valence-corrected chi connectivity index (χ2v) is 6.52. The third-order valence-electron chi connectivity index (χ3n) is 4.19. The van der Waals surface area contributed by atoms with E-state index in [1.165, 1.54) is 0 Å². The molecule has 2 heterocycles. The summed E-state index contributed by atoms with van der Waals surface area (Å²) in [6.07, 6.45) is 0. The number of amides is 1. The Bertz CT molecular complexity index is 922. The number of carbonyl (C=O) groups is 1. The summed E-state index contributed by atoms with van der Waals surface area (Å²) >= 11 is 6.04. The molecule has 0 bridgehead atoms. The topological polar surface area (TPSA) is 64.7 Å². The van der Waals surface area contributed by atoms with Crippen LogP contribution in [0.3, 0.4) is 0 Å². The van der Waals surface area contributed by atoms with Crippen LogP contribution in [0.2, 0.25) is 5.02 Å². The lowest BCUT2D eigenvalue weighted by Crippen LogP contribution is -2.14. The van der Waals surface area contributed by atoms with Crippen molar-refractivity contribution in [2.45, 2.75) is 27.3 Å². The first-order valence-corrected chi connectivity index (χ1v) is 8.33. The number of rotatable bonds is 4. The van der Waals surface area contributed by atoms with Gasteiger partial charge in [-0.3, -0.25) is 14.2 Å². The molecule has 0 spiro atoms. The minimum atomic E-state index is -0.239. The third-order valence-corrected chi connectivity index (χ3v) is 4.42. The highest BCUT2D eigenvalue weighted by molar-refractivity contribution is 6.30. The van der Waals surface area contributed by atoms with Crippen molar-refractivity contribution in [2.75, 3.05) is 5.32 Å². The predicted octanol–water partition coefficient (Wildman–Crippen LogP) is 3.50. The summed E-state index contributed by atoms with van der Waals surface area (Å²) < 4.78 is 3.54. The predicted molar refractivity (Wildman–Crippen MR) is 98.2 cm³/mol. The van der Waals surface area contributed by atoms with Gasteiger partial charge in [0, 0.05) is 17.8 Å². The van der Waals surface area contributed by atoms with E-state index in [1.807, 2.05) is 56.8 Å². The quantitative estimate of drug-likeness (QED) is 0.777. The Morgan fingerprint density at radius 1 is 1.20 bits per heavy atom. The molecule has 6 nitrogen and oxygen atoms in total. The highest BCUT2D eigenvalue weighted by Crippen LogP contribution is 2.22. The lowest BCUT2D eigenvalue weighted by atomic mass is 10.2. The molecule has 0 fully saturated rings. The van der Waals surface area contributed by atoms with Crippen molar-refractivity contribution in [3.05, 3.63) is 63.7 Å². The van der Waals surface area contributed by atoms with Gasteiger partial charge < -0.3 is 5.32 Å². The van der Waals surface area contributed by atoms with Crippen LogP contribution in [0.25, 0.3) is 0 Å². The highest BCUT2D eigenvalue weighted by atomic mass is 35.5. The number of nitrogens with zero attached hydrogens (tertiary/aromatic N) is 4. The molecule has 0 radical (unpaired) electrons. The molecule has 1 aromatic carbocycles. The zero-order valence-corrected chi connectivity index (χ0v) is 15.4. The van der Waals surface area contributed by atoms with Gasteiger partial charge in [-0.15, -0.1) is 0 Å². The standard InChI is InChI=1S/C18H20ClN5O/c1-11-8-16(22-23(11)4)18(25)20-17-12(2)21-24(13(17)3)10-14-6-5-7-15(19)9-14/h5-9H,10H2,1-4H3,(H,20,25). The van der Waals surface area contributed by atoms with E-state index < -0.39 is 0 Å². The summed E-state index contributed by atoms with van der Waals surface area (Å²) in [5, 5.41) is 12.4. The van der Waals surface area contributed by atoms with Crippen molar-refractivity contribution < 1.29 is 4.79 Å². The van der Waals surface area contributed by atoms with Gasteiger partial charge >= 0.3 is 0 Å². The molecular weight excluding hydrogens is 338 g/mol. The van der Waals surface area contributed by atoms with Gasteiger partial charge in [-0.05, 0) is 44.5 Å². The Morgan fingerprint density at radius 3 is 2.60 bits per heavy atom. The first-order valence-electron chi connectivity index (χ1n) is 7.95. The van der Waals surface area contributed by atoms with Gasteiger partial charge in [0.15, 0.2) is 5.69 Å². The van der Waals surface area contributed by atoms with E-state index in [2.05, 4.69) is 15.5 Å². The highest BCUT2D eigenvalue weighted by Gasteiger charge is 2.17. The van der Waals surface area contributed by atoms with Crippen molar-refractivity contribution >= 4 is 23.2 Å². The lowest BCUT2D eigenvalue weighted by molar-refractivity contribution is 0.102. The maximum Gasteiger partial charge on any atom is 0.276 e. The van der Waals surface area contributed by atoms with Crippen LogP contribution >= 0.6 is 11.6 Å². The van der Waals surface area contributed by atoms with Crippen LogP contribution in [0.4, 0.5) is 5.69 Å². The van der Waals surface area contributed by atoms with Gasteiger partial charge in [0.05, 0.1) is 23.6 Å². The van der Waals surface area contributed by atoms with Gasteiger partial charge in [-0.1, -0.05) is 23.7 Å². The minimum absolute atomic E-state index is 0.239. The maximum absolute atomic E-state index is 12.5. The van der Waals surface area contributed by atoms with Crippen LogP contribution in [-0.4, -0.2) is 25.5 Å². The van der Waals surface area contributed by atoms with Crippen molar-refractivity contribution in [3.63, 3.8) is 0 Å². The molecule has 1 N–H and O–H groups in total. The Morgan fingerprint density at radius 2 is 1.96 bits per heavy atom. The van der Waals surface area contributed by atoms with Gasteiger partial charge in [0.2, 0.25) is 0 Å². The number of aromatic nitrogens is 4. The van der Waals surface area contributed by atoms with Crippen molar-refractivity contribution in [2.24, 2.45) is 7.05 Å². The minimum Gasteiger partial charge on any atom is -0.317 e. The fourth-order valence-electron chi connectivity index (χ4n) is 2.69. The van der Waals surface area contributed by atoms with E-state index in [0.717, 1.165) is 28.3 Å². The molecule has 0 saturated carbocycles. The zero-order valence-electron chi connectivity index (χ0n) is 14.7. The second-order valence-electron chi connectivity index (χ2n) is 6.08. The maximum atomic E-state index is 12.5. The van der Waals surface area contributed by atoms with Crippen LogP contribution in [0.5, 0.6) is 0 Å². The average molecular weight is 358 g/mol. The van der Waals surface area contributed by atoms with Crippen LogP contribution in [-0.2, 0) is 13.6 Å². The molecule has 0 atom stereocenters. The Labute approximate surface area is 151 Å². The normalized spacial score (nSPS) is 10.9. The molecule has 0 aliphatic heterocycles. The van der Waals surface area contributed by atoms with E-state index in [9.17, 15) is 4.79 Å². The molecule has 3 aromatic rings. The fraction of sp³-hybridized carbons (Fsp3) is 0.278. The first-order chi connectivity index (χ1) is 11.8. The molecule has 130 valence electrons. The van der Waals surface area contributed by atoms with Crippen molar-refractivity contribution in [1.29, 1.82) is 0 Å². The van der Waals surface area contributed by atoms with Crippen LogP contribution in [0, 0.1) is 20.8 Å². The SMILES string of the molecule is Cc1nn(Cc2cccc(Cl)c2)c(C)c1NC(=O)c1cc(C)n(C)n1. The lowest BCUT2D eigenvalue weighted by Gasteiger charge is -2.07. The fourth-order valence-corrected chi connectivity index (χ4v) is 2.90. The molecule has 1 amide bonds. The van der Waals surface area contributed by atoms with E-state index in [-0.39, 0.29) is 5.91 Å². The van der Waals surface area contributed by atoms with Crippen LogP contribution in [0.15, 0.2) is 30.3 Å². The van der Waals surface area contributed by atoms with Crippen molar-refractivity contribution in [1.82, 2.24) is 19.6 Å². The summed E-state index contributed by atoms with van der Waals surface area (Å²) in [5.74, 6) is -0.239. The molecule has 2 aromatic heterocycles. The molecule has 25 heavy (non-hydrogen) atoms. The summed E-state index contributed by atoms with van der Waals surface area (Å²) in [5.41, 5.74) is 4.74. The molecular formula is C18H20ClN5O. The average Bonchev–Trinajstić information content (AvgIpc) is 3.02. The van der Waals surface area contributed by atoms with Gasteiger partial charge in [0.25, 0.3) is 5.91 Å². The zero-order chi connectivity index (χ0) is 18.1. The van der Waals surface area contributed by atoms with Gasteiger partial charge in [0.1, 0.15) is 0 Å². The first kappa shape index (κ1) is 17.2. The molecule has 0 aliphatic carbocycles. The number of hydrogen-bond acceptors (Lipinski definition) is 3. The Kier molecular flexibility index (Phi) is 4.63. The number of carbonyl (C=O) groups excluding carboxylic acids is 1. The Hall–Kier alpha value is -2.60. The van der Waals surface area contributed by atoms with Gasteiger partial charge in [-0.2, -0.15) is 10.2 Å². The monoisotopic (exact) mass is 357 g/mol. The van der Waals surface area contributed by atoms with Crippen LogP contribution in [0.1, 0.15) is 33.1 Å². The number of nitrogens with one attached hydrogen (secondary N) is 1. The molecule has 3 rings (SSSR count). The number of benzene rings is 1.